The Kier molecular flexibility index (Phi) is 5.43. The second-order valence-electron chi connectivity index (χ2n) is 6.84. The molecule has 2 aliphatic heterocycles. The summed E-state index contributed by atoms with van der Waals surface area (Å²) < 4.78 is 16.3. The van der Waals surface area contributed by atoms with Gasteiger partial charge in [-0.2, -0.15) is 0 Å². The van der Waals surface area contributed by atoms with Gasteiger partial charge in [-0.3, -0.25) is 10.1 Å². The Morgan fingerprint density at radius 3 is 2.89 bits per heavy atom. The summed E-state index contributed by atoms with van der Waals surface area (Å²) >= 11 is 0. The number of carbonyl (C=O) groups is 1. The summed E-state index contributed by atoms with van der Waals surface area (Å²) in [4.78, 5) is 17.3. The molecule has 7 nitrogen and oxygen atoms in total. The summed E-state index contributed by atoms with van der Waals surface area (Å²) in [6, 6.07) is 13.0. The second-order valence-corrected chi connectivity index (χ2v) is 6.84. The lowest BCUT2D eigenvalue weighted by Crippen LogP contribution is -2.36. The molecule has 1 atom stereocenters. The SMILES string of the molecule is Cc1cccc(NC(=NC[C@H]2CCCO2)NC(=O)c2ccc3c(c2)OCO3)c1. The van der Waals surface area contributed by atoms with Crippen LogP contribution in [0.15, 0.2) is 47.5 Å². The fourth-order valence-electron chi connectivity index (χ4n) is 3.17. The van der Waals surface area contributed by atoms with Crippen LogP contribution in [0.2, 0.25) is 0 Å². The number of hydrogen-bond acceptors (Lipinski definition) is 5. The van der Waals surface area contributed by atoms with Crippen molar-refractivity contribution in [1.82, 2.24) is 5.32 Å². The maximum Gasteiger partial charge on any atom is 0.258 e. The molecule has 4 rings (SSSR count). The Balaban J connectivity index is 1.50. The van der Waals surface area contributed by atoms with E-state index in [0.717, 1.165) is 30.7 Å². The van der Waals surface area contributed by atoms with E-state index in [2.05, 4.69) is 15.6 Å². The van der Waals surface area contributed by atoms with Crippen molar-refractivity contribution >= 4 is 17.6 Å². The fourth-order valence-corrected chi connectivity index (χ4v) is 3.17. The number of carbonyl (C=O) groups excluding carboxylic acids is 1. The van der Waals surface area contributed by atoms with E-state index >= 15 is 0 Å². The third-order valence-corrected chi connectivity index (χ3v) is 4.62. The highest BCUT2D eigenvalue weighted by Gasteiger charge is 2.18. The molecule has 0 unspecified atom stereocenters. The van der Waals surface area contributed by atoms with E-state index in [0.29, 0.717) is 29.6 Å². The van der Waals surface area contributed by atoms with E-state index in [4.69, 9.17) is 14.2 Å². The first-order valence-electron chi connectivity index (χ1n) is 9.38. The molecule has 0 saturated carbocycles. The maximum absolute atomic E-state index is 12.7. The topological polar surface area (TPSA) is 81.2 Å². The van der Waals surface area contributed by atoms with Crippen LogP contribution in [0, 0.1) is 6.92 Å². The first kappa shape index (κ1) is 18.3. The van der Waals surface area contributed by atoms with Crippen molar-refractivity contribution in [1.29, 1.82) is 0 Å². The molecule has 2 aliphatic rings. The zero-order valence-electron chi connectivity index (χ0n) is 15.7. The number of aryl methyl sites for hydroxylation is 1. The van der Waals surface area contributed by atoms with Crippen molar-refractivity contribution in [2.45, 2.75) is 25.9 Å². The van der Waals surface area contributed by atoms with E-state index in [-0.39, 0.29) is 18.8 Å². The molecule has 1 saturated heterocycles. The molecular weight excluding hydrogens is 358 g/mol. The summed E-state index contributed by atoms with van der Waals surface area (Å²) in [7, 11) is 0. The predicted octanol–water partition coefficient (Wildman–Crippen LogP) is 3.10. The van der Waals surface area contributed by atoms with Gasteiger partial charge in [0.05, 0.1) is 12.6 Å². The van der Waals surface area contributed by atoms with Gasteiger partial charge in [0.15, 0.2) is 11.5 Å². The number of hydrogen-bond donors (Lipinski definition) is 2. The van der Waals surface area contributed by atoms with Crippen LogP contribution in [0.5, 0.6) is 11.5 Å². The van der Waals surface area contributed by atoms with Gasteiger partial charge in [0.25, 0.3) is 5.91 Å². The van der Waals surface area contributed by atoms with Gasteiger partial charge in [-0.25, -0.2) is 4.99 Å². The van der Waals surface area contributed by atoms with Crippen molar-refractivity contribution in [3.63, 3.8) is 0 Å². The van der Waals surface area contributed by atoms with Crippen LogP contribution in [0.3, 0.4) is 0 Å². The Bertz CT molecular complexity index is 891. The molecule has 2 N–H and O–H groups in total. The zero-order valence-corrected chi connectivity index (χ0v) is 15.7. The lowest BCUT2D eigenvalue weighted by molar-refractivity contribution is 0.0975. The smallest absolute Gasteiger partial charge is 0.258 e. The van der Waals surface area contributed by atoms with Crippen molar-refractivity contribution in [3.8, 4) is 11.5 Å². The number of aliphatic imine (C=N–C) groups is 1. The summed E-state index contributed by atoms with van der Waals surface area (Å²) in [6.07, 6.45) is 2.12. The molecule has 28 heavy (non-hydrogen) atoms. The highest BCUT2D eigenvalue weighted by molar-refractivity contribution is 6.10. The number of benzene rings is 2. The van der Waals surface area contributed by atoms with Gasteiger partial charge in [-0.05, 0) is 55.7 Å². The highest BCUT2D eigenvalue weighted by atomic mass is 16.7. The fraction of sp³-hybridized carbons (Fsp3) is 0.333. The molecular formula is C21H23N3O4. The van der Waals surface area contributed by atoms with E-state index in [1.807, 2.05) is 31.2 Å². The molecule has 2 aromatic carbocycles. The van der Waals surface area contributed by atoms with Crippen LogP contribution in [-0.4, -0.2) is 37.9 Å². The Labute approximate surface area is 163 Å². The third kappa shape index (κ3) is 4.43. The van der Waals surface area contributed by atoms with Crippen molar-refractivity contribution in [2.24, 2.45) is 4.99 Å². The molecule has 0 aliphatic carbocycles. The lowest BCUT2D eigenvalue weighted by atomic mass is 10.2. The number of rotatable bonds is 4. The van der Waals surface area contributed by atoms with E-state index < -0.39 is 0 Å². The van der Waals surface area contributed by atoms with Crippen molar-refractivity contribution < 1.29 is 19.0 Å². The molecule has 0 spiro atoms. The monoisotopic (exact) mass is 381 g/mol. The summed E-state index contributed by atoms with van der Waals surface area (Å²) in [6.45, 7) is 3.45. The molecule has 1 fully saturated rings. The molecule has 1 amide bonds. The predicted molar refractivity (Wildman–Crippen MR) is 106 cm³/mol. The number of ether oxygens (including phenoxy) is 3. The summed E-state index contributed by atoms with van der Waals surface area (Å²) in [5, 5.41) is 6.07. The van der Waals surface area contributed by atoms with Crippen molar-refractivity contribution in [2.75, 3.05) is 25.3 Å². The molecule has 2 heterocycles. The molecule has 0 aromatic heterocycles. The van der Waals surface area contributed by atoms with Gasteiger partial charge in [-0.15, -0.1) is 0 Å². The van der Waals surface area contributed by atoms with Gasteiger partial charge < -0.3 is 19.5 Å². The number of nitrogens with zero attached hydrogens (tertiary/aromatic N) is 1. The van der Waals surface area contributed by atoms with Crippen LogP contribution in [0.4, 0.5) is 5.69 Å². The minimum absolute atomic E-state index is 0.0942. The summed E-state index contributed by atoms with van der Waals surface area (Å²) in [5.74, 6) is 1.33. The average Bonchev–Trinajstić information content (AvgIpc) is 3.37. The van der Waals surface area contributed by atoms with Gasteiger partial charge >= 0.3 is 0 Å². The van der Waals surface area contributed by atoms with Crippen molar-refractivity contribution in [3.05, 3.63) is 53.6 Å². The van der Waals surface area contributed by atoms with Crippen LogP contribution in [0.1, 0.15) is 28.8 Å². The zero-order chi connectivity index (χ0) is 19.3. The normalized spacial score (nSPS) is 18.2. The molecule has 2 aromatic rings. The molecule has 0 bridgehead atoms. The first-order chi connectivity index (χ1) is 13.7. The van der Waals surface area contributed by atoms with E-state index in [9.17, 15) is 4.79 Å². The average molecular weight is 381 g/mol. The largest absolute Gasteiger partial charge is 0.454 e. The van der Waals surface area contributed by atoms with Crippen LogP contribution in [-0.2, 0) is 4.74 Å². The lowest BCUT2D eigenvalue weighted by Gasteiger charge is -2.14. The van der Waals surface area contributed by atoms with Gasteiger partial charge in [0.2, 0.25) is 12.8 Å². The number of nitrogens with one attached hydrogen (secondary N) is 2. The number of fused-ring (bicyclic) bond motifs is 1. The van der Waals surface area contributed by atoms with Gasteiger partial charge in [0, 0.05) is 17.9 Å². The summed E-state index contributed by atoms with van der Waals surface area (Å²) in [5.41, 5.74) is 2.45. The van der Waals surface area contributed by atoms with Crippen LogP contribution >= 0.6 is 0 Å². The molecule has 0 radical (unpaired) electrons. The first-order valence-corrected chi connectivity index (χ1v) is 9.38. The standard InChI is InChI=1S/C21H23N3O4/c1-14-4-2-5-16(10-14)23-21(22-12-17-6-3-9-26-17)24-20(25)15-7-8-18-19(11-15)28-13-27-18/h2,4-5,7-8,10-11,17H,3,6,9,12-13H2,1H3,(H2,22,23,24,25)/t17-/m1/s1. The highest BCUT2D eigenvalue weighted by Crippen LogP contribution is 2.32. The maximum atomic E-state index is 12.7. The molecule has 146 valence electrons. The Morgan fingerprint density at radius 1 is 1.18 bits per heavy atom. The van der Waals surface area contributed by atoms with Crippen LogP contribution < -0.4 is 20.1 Å². The van der Waals surface area contributed by atoms with Gasteiger partial charge in [-0.1, -0.05) is 12.1 Å². The van der Waals surface area contributed by atoms with Crippen LogP contribution in [0.25, 0.3) is 0 Å². The minimum atomic E-state index is -0.274. The quantitative estimate of drug-likeness (QED) is 0.628. The number of anilines is 1. The minimum Gasteiger partial charge on any atom is -0.454 e. The Morgan fingerprint density at radius 2 is 2.07 bits per heavy atom. The number of guanidine groups is 1. The van der Waals surface area contributed by atoms with E-state index in [1.54, 1.807) is 18.2 Å². The van der Waals surface area contributed by atoms with E-state index in [1.165, 1.54) is 0 Å². The third-order valence-electron chi connectivity index (χ3n) is 4.62. The Hall–Kier alpha value is -3.06. The molecule has 7 heteroatoms. The number of amides is 1. The second kappa shape index (κ2) is 8.31. The van der Waals surface area contributed by atoms with Gasteiger partial charge in [0.1, 0.15) is 0 Å².